The van der Waals surface area contributed by atoms with Crippen molar-refractivity contribution in [3.8, 4) is 0 Å². The summed E-state index contributed by atoms with van der Waals surface area (Å²) >= 11 is 3.96. The summed E-state index contributed by atoms with van der Waals surface area (Å²) in [5.41, 5.74) is 5.74. The van der Waals surface area contributed by atoms with Gasteiger partial charge >= 0.3 is 0 Å². The first-order valence-electron chi connectivity index (χ1n) is 6.94. The molecule has 1 aromatic heterocycles. The molecular formula is C13H23N3OS2. The third kappa shape index (κ3) is 3.47. The predicted molar refractivity (Wildman–Crippen MR) is 82.5 cm³/mol. The van der Waals surface area contributed by atoms with Crippen molar-refractivity contribution in [2.24, 2.45) is 5.73 Å². The lowest BCUT2D eigenvalue weighted by Gasteiger charge is -2.27. The number of hydrogen-bond acceptors (Lipinski definition) is 6. The van der Waals surface area contributed by atoms with Crippen LogP contribution in [0.2, 0.25) is 0 Å². The summed E-state index contributed by atoms with van der Waals surface area (Å²) in [6.07, 6.45) is 3.01. The fourth-order valence-electron chi connectivity index (χ4n) is 2.35. The fourth-order valence-corrected chi connectivity index (χ4v) is 5.33. The number of aromatic nitrogens is 2. The Morgan fingerprint density at radius 3 is 2.79 bits per heavy atom. The number of hydrogen-bond donors (Lipinski definition) is 1. The Morgan fingerprint density at radius 2 is 2.11 bits per heavy atom. The van der Waals surface area contributed by atoms with Gasteiger partial charge < -0.3 is 10.3 Å². The van der Waals surface area contributed by atoms with Crippen molar-refractivity contribution in [1.82, 2.24) is 10.1 Å². The highest BCUT2D eigenvalue weighted by molar-refractivity contribution is 8.06. The normalized spacial score (nSPS) is 27.2. The third-order valence-electron chi connectivity index (χ3n) is 3.41. The molecule has 0 radical (unpaired) electrons. The van der Waals surface area contributed by atoms with E-state index >= 15 is 0 Å². The molecule has 19 heavy (non-hydrogen) atoms. The summed E-state index contributed by atoms with van der Waals surface area (Å²) in [5, 5.41) is 5.12. The van der Waals surface area contributed by atoms with Crippen LogP contribution in [0.15, 0.2) is 4.52 Å². The SMILES string of the molecule is CCCC(C)(N)c1nc(C2SCCSC2CC)no1. The van der Waals surface area contributed by atoms with E-state index in [9.17, 15) is 0 Å². The van der Waals surface area contributed by atoms with Gasteiger partial charge in [-0.15, -0.1) is 11.8 Å². The highest BCUT2D eigenvalue weighted by atomic mass is 32.2. The first-order chi connectivity index (χ1) is 9.08. The Balaban J connectivity index is 2.15. The molecule has 3 unspecified atom stereocenters. The summed E-state index contributed by atoms with van der Waals surface area (Å²) in [6, 6.07) is 0. The van der Waals surface area contributed by atoms with E-state index in [0.29, 0.717) is 16.4 Å². The van der Waals surface area contributed by atoms with E-state index < -0.39 is 5.54 Å². The molecule has 1 aliphatic heterocycles. The average Bonchev–Trinajstić information content (AvgIpc) is 2.89. The average molecular weight is 301 g/mol. The third-order valence-corrected chi connectivity index (χ3v) is 6.65. The molecule has 3 atom stereocenters. The monoisotopic (exact) mass is 301 g/mol. The van der Waals surface area contributed by atoms with Crippen molar-refractivity contribution in [3.63, 3.8) is 0 Å². The summed E-state index contributed by atoms with van der Waals surface area (Å²) in [4.78, 5) is 4.59. The van der Waals surface area contributed by atoms with E-state index in [4.69, 9.17) is 10.3 Å². The highest BCUT2D eigenvalue weighted by Crippen LogP contribution is 2.43. The summed E-state index contributed by atoms with van der Waals surface area (Å²) in [5.74, 6) is 3.78. The summed E-state index contributed by atoms with van der Waals surface area (Å²) in [6.45, 7) is 6.30. The minimum atomic E-state index is -0.506. The molecule has 0 aromatic carbocycles. The van der Waals surface area contributed by atoms with Gasteiger partial charge in [-0.1, -0.05) is 25.4 Å². The van der Waals surface area contributed by atoms with Crippen molar-refractivity contribution >= 4 is 23.5 Å². The zero-order chi connectivity index (χ0) is 13.9. The topological polar surface area (TPSA) is 64.9 Å². The summed E-state index contributed by atoms with van der Waals surface area (Å²) in [7, 11) is 0. The lowest BCUT2D eigenvalue weighted by molar-refractivity contribution is 0.282. The van der Waals surface area contributed by atoms with Crippen molar-refractivity contribution in [1.29, 1.82) is 0 Å². The smallest absolute Gasteiger partial charge is 0.246 e. The van der Waals surface area contributed by atoms with Gasteiger partial charge in [0.1, 0.15) is 0 Å². The minimum absolute atomic E-state index is 0.346. The van der Waals surface area contributed by atoms with Crippen molar-refractivity contribution in [2.45, 2.75) is 56.1 Å². The standard InChI is InChI=1S/C13H23N3OS2/c1-4-6-13(3,14)12-15-11(16-17-12)10-9(5-2)18-7-8-19-10/h9-10H,4-8,14H2,1-3H3. The molecule has 2 N–H and O–H groups in total. The van der Waals surface area contributed by atoms with Crippen LogP contribution < -0.4 is 5.73 Å². The van der Waals surface area contributed by atoms with Crippen LogP contribution in [0.25, 0.3) is 0 Å². The molecule has 0 saturated carbocycles. The number of nitrogens with two attached hydrogens (primary N) is 1. The second-order valence-corrected chi connectivity index (χ2v) is 7.83. The largest absolute Gasteiger partial charge is 0.337 e. The quantitative estimate of drug-likeness (QED) is 0.900. The lowest BCUT2D eigenvalue weighted by Crippen LogP contribution is -2.33. The maximum absolute atomic E-state index is 6.25. The molecule has 1 aromatic rings. The van der Waals surface area contributed by atoms with Crippen LogP contribution in [-0.2, 0) is 5.54 Å². The van der Waals surface area contributed by atoms with Gasteiger partial charge in [0, 0.05) is 16.8 Å². The predicted octanol–water partition coefficient (Wildman–Crippen LogP) is 3.34. The molecule has 2 heterocycles. The molecule has 4 nitrogen and oxygen atoms in total. The Morgan fingerprint density at radius 1 is 1.37 bits per heavy atom. The van der Waals surface area contributed by atoms with Crippen LogP contribution >= 0.6 is 23.5 Å². The van der Waals surface area contributed by atoms with Crippen molar-refractivity contribution in [2.75, 3.05) is 11.5 Å². The van der Waals surface area contributed by atoms with Gasteiger partial charge in [-0.3, -0.25) is 0 Å². The molecule has 0 bridgehead atoms. The maximum Gasteiger partial charge on any atom is 0.246 e. The van der Waals surface area contributed by atoms with Gasteiger partial charge in [0.05, 0.1) is 10.8 Å². The zero-order valence-electron chi connectivity index (χ0n) is 11.9. The van der Waals surface area contributed by atoms with E-state index in [1.165, 1.54) is 5.75 Å². The molecule has 6 heteroatoms. The van der Waals surface area contributed by atoms with Gasteiger partial charge in [0.15, 0.2) is 5.82 Å². The molecule has 0 aliphatic carbocycles. The van der Waals surface area contributed by atoms with Crippen LogP contribution in [-0.4, -0.2) is 26.9 Å². The molecule has 0 spiro atoms. The summed E-state index contributed by atoms with van der Waals surface area (Å²) < 4.78 is 5.42. The molecule has 1 aliphatic rings. The van der Waals surface area contributed by atoms with Gasteiger partial charge in [0.25, 0.3) is 0 Å². The molecule has 2 rings (SSSR count). The van der Waals surface area contributed by atoms with E-state index in [1.54, 1.807) is 0 Å². The van der Waals surface area contributed by atoms with Crippen LogP contribution in [0.1, 0.15) is 57.0 Å². The van der Waals surface area contributed by atoms with Gasteiger partial charge in [0.2, 0.25) is 5.89 Å². The van der Waals surface area contributed by atoms with Crippen molar-refractivity contribution in [3.05, 3.63) is 11.7 Å². The first-order valence-corrected chi connectivity index (χ1v) is 9.04. The molecular weight excluding hydrogens is 278 g/mol. The Hall–Kier alpha value is -0.200. The fraction of sp³-hybridized carbons (Fsp3) is 0.846. The Labute approximate surface area is 123 Å². The van der Waals surface area contributed by atoms with Crippen molar-refractivity contribution < 1.29 is 4.52 Å². The van der Waals surface area contributed by atoms with E-state index in [-0.39, 0.29) is 0 Å². The highest BCUT2D eigenvalue weighted by Gasteiger charge is 2.33. The Bertz CT molecular complexity index is 408. The Kier molecular flexibility index (Phi) is 5.20. The maximum atomic E-state index is 6.25. The molecule has 108 valence electrons. The van der Waals surface area contributed by atoms with Crippen LogP contribution in [0.3, 0.4) is 0 Å². The lowest BCUT2D eigenvalue weighted by atomic mass is 9.98. The number of nitrogens with zero attached hydrogens (tertiary/aromatic N) is 2. The van der Waals surface area contributed by atoms with Crippen LogP contribution in [0.4, 0.5) is 0 Å². The molecule has 1 fully saturated rings. The van der Waals surface area contributed by atoms with E-state index in [1.807, 2.05) is 30.4 Å². The van der Waals surface area contributed by atoms with Crippen LogP contribution in [0, 0.1) is 0 Å². The van der Waals surface area contributed by atoms with Gasteiger partial charge in [-0.05, 0) is 19.8 Å². The second kappa shape index (κ2) is 6.50. The minimum Gasteiger partial charge on any atom is -0.337 e. The zero-order valence-corrected chi connectivity index (χ0v) is 13.5. The molecule has 1 saturated heterocycles. The number of rotatable bonds is 5. The van der Waals surface area contributed by atoms with E-state index in [2.05, 4.69) is 24.0 Å². The van der Waals surface area contributed by atoms with E-state index in [0.717, 1.165) is 30.8 Å². The second-order valence-electron chi connectivity index (χ2n) is 5.23. The molecule has 0 amide bonds. The first kappa shape index (κ1) is 15.2. The number of thioether (sulfide) groups is 2. The van der Waals surface area contributed by atoms with Gasteiger partial charge in [-0.2, -0.15) is 16.7 Å². The van der Waals surface area contributed by atoms with Gasteiger partial charge in [-0.25, -0.2) is 0 Å². The van der Waals surface area contributed by atoms with Crippen LogP contribution in [0.5, 0.6) is 0 Å².